The molecule has 0 aliphatic heterocycles. The van der Waals surface area contributed by atoms with E-state index in [9.17, 15) is 17.2 Å². The molecular weight excluding hydrogens is 348 g/mol. The van der Waals surface area contributed by atoms with Gasteiger partial charge in [0.1, 0.15) is 12.4 Å². The normalized spacial score (nSPS) is 11.5. The van der Waals surface area contributed by atoms with Gasteiger partial charge in [0.2, 0.25) is 10.0 Å². The lowest BCUT2D eigenvalue weighted by molar-refractivity contribution is 0.319. The van der Waals surface area contributed by atoms with Gasteiger partial charge in [-0.3, -0.25) is 0 Å². The minimum Gasteiger partial charge on any atom is -0.492 e. The molecule has 0 unspecified atom stereocenters. The first-order valence-electron chi connectivity index (χ1n) is 6.63. The van der Waals surface area contributed by atoms with E-state index < -0.39 is 21.7 Å². The van der Waals surface area contributed by atoms with Crippen LogP contribution in [0.15, 0.2) is 41.3 Å². The van der Waals surface area contributed by atoms with Crippen molar-refractivity contribution in [2.45, 2.75) is 11.8 Å². The molecule has 2 aromatic carbocycles. The van der Waals surface area contributed by atoms with Gasteiger partial charge in [-0.2, -0.15) is 0 Å². The fraction of sp³-hybridized carbons (Fsp3) is 0.200. The lowest BCUT2D eigenvalue weighted by atomic mass is 10.2. The summed E-state index contributed by atoms with van der Waals surface area (Å²) in [6, 6.07) is 7.45. The molecule has 0 aromatic heterocycles. The van der Waals surface area contributed by atoms with E-state index in [1.807, 2.05) is 0 Å². The van der Waals surface area contributed by atoms with Crippen LogP contribution in [0.25, 0.3) is 0 Å². The Labute approximate surface area is 138 Å². The molecule has 0 saturated heterocycles. The van der Waals surface area contributed by atoms with Crippen LogP contribution in [0.4, 0.5) is 8.78 Å². The number of halogens is 3. The number of aryl methyl sites for hydroxylation is 1. The second kappa shape index (κ2) is 7.25. The smallest absolute Gasteiger partial charge is 0.240 e. The molecule has 2 aromatic rings. The highest BCUT2D eigenvalue weighted by atomic mass is 35.5. The van der Waals surface area contributed by atoms with E-state index in [4.69, 9.17) is 16.3 Å². The Morgan fingerprint density at radius 1 is 1.13 bits per heavy atom. The van der Waals surface area contributed by atoms with Crippen LogP contribution in [-0.2, 0) is 10.0 Å². The van der Waals surface area contributed by atoms with Gasteiger partial charge >= 0.3 is 0 Å². The monoisotopic (exact) mass is 361 g/mol. The quantitative estimate of drug-likeness (QED) is 0.803. The van der Waals surface area contributed by atoms with Gasteiger partial charge in [0, 0.05) is 17.6 Å². The molecule has 1 N–H and O–H groups in total. The minimum atomic E-state index is -3.69. The van der Waals surface area contributed by atoms with Crippen LogP contribution in [0.3, 0.4) is 0 Å². The van der Waals surface area contributed by atoms with Gasteiger partial charge in [-0.1, -0.05) is 11.6 Å². The van der Waals surface area contributed by atoms with Crippen molar-refractivity contribution in [1.29, 1.82) is 0 Å². The van der Waals surface area contributed by atoms with Crippen LogP contribution in [0.1, 0.15) is 5.56 Å². The maximum atomic E-state index is 13.0. The van der Waals surface area contributed by atoms with Gasteiger partial charge in [-0.05, 0) is 42.8 Å². The van der Waals surface area contributed by atoms with Crippen molar-refractivity contribution >= 4 is 21.6 Å². The molecule has 0 heterocycles. The Balaban J connectivity index is 1.92. The van der Waals surface area contributed by atoms with E-state index in [1.165, 1.54) is 24.3 Å². The van der Waals surface area contributed by atoms with Gasteiger partial charge in [-0.25, -0.2) is 21.9 Å². The Morgan fingerprint density at radius 2 is 1.87 bits per heavy atom. The minimum absolute atomic E-state index is 0.0248. The second-order valence-electron chi connectivity index (χ2n) is 4.73. The highest BCUT2D eigenvalue weighted by Crippen LogP contribution is 2.19. The Morgan fingerprint density at radius 3 is 2.52 bits per heavy atom. The SMILES string of the molecule is Cc1cc(S(=O)(=O)NCCOc2ccc(F)c(F)c2)ccc1Cl. The number of ether oxygens (including phenoxy) is 1. The maximum absolute atomic E-state index is 13.0. The lowest BCUT2D eigenvalue weighted by Crippen LogP contribution is -2.28. The first-order valence-corrected chi connectivity index (χ1v) is 8.49. The summed E-state index contributed by atoms with van der Waals surface area (Å²) in [5.74, 6) is -1.89. The fourth-order valence-electron chi connectivity index (χ4n) is 1.78. The summed E-state index contributed by atoms with van der Waals surface area (Å²) in [6.07, 6.45) is 0. The zero-order valence-electron chi connectivity index (χ0n) is 12.1. The third kappa shape index (κ3) is 4.63. The molecule has 0 spiro atoms. The molecule has 0 bridgehead atoms. The molecule has 0 radical (unpaired) electrons. The summed E-state index contributed by atoms with van der Waals surface area (Å²) in [7, 11) is -3.69. The average molecular weight is 362 g/mol. The van der Waals surface area contributed by atoms with Crippen molar-refractivity contribution in [3.63, 3.8) is 0 Å². The van der Waals surface area contributed by atoms with Crippen molar-refractivity contribution in [2.24, 2.45) is 0 Å². The summed E-state index contributed by atoms with van der Waals surface area (Å²) in [5.41, 5.74) is 0.646. The van der Waals surface area contributed by atoms with E-state index in [0.29, 0.717) is 10.6 Å². The first-order chi connectivity index (χ1) is 10.8. The van der Waals surface area contributed by atoms with Crippen molar-refractivity contribution in [1.82, 2.24) is 4.72 Å². The summed E-state index contributed by atoms with van der Waals surface area (Å²) >= 11 is 5.86. The highest BCUT2D eigenvalue weighted by Gasteiger charge is 2.14. The molecule has 0 aliphatic carbocycles. The van der Waals surface area contributed by atoms with Crippen molar-refractivity contribution in [2.75, 3.05) is 13.2 Å². The number of sulfonamides is 1. The van der Waals surface area contributed by atoms with Crippen LogP contribution in [0, 0.1) is 18.6 Å². The number of rotatable bonds is 6. The zero-order valence-corrected chi connectivity index (χ0v) is 13.7. The molecule has 2 rings (SSSR count). The number of nitrogens with one attached hydrogen (secondary N) is 1. The molecule has 23 heavy (non-hydrogen) atoms. The third-order valence-electron chi connectivity index (χ3n) is 2.99. The van der Waals surface area contributed by atoms with Crippen LogP contribution < -0.4 is 9.46 Å². The second-order valence-corrected chi connectivity index (χ2v) is 6.91. The van der Waals surface area contributed by atoms with Crippen molar-refractivity contribution in [3.8, 4) is 5.75 Å². The third-order valence-corrected chi connectivity index (χ3v) is 4.88. The van der Waals surface area contributed by atoms with Gasteiger partial charge in [0.15, 0.2) is 11.6 Å². The molecule has 0 fully saturated rings. The molecule has 8 heteroatoms. The predicted molar refractivity (Wildman–Crippen MR) is 83.2 cm³/mol. The molecular formula is C15H14ClF2NO3S. The molecule has 0 aliphatic rings. The van der Waals surface area contributed by atoms with E-state index in [0.717, 1.165) is 12.1 Å². The molecule has 0 atom stereocenters. The summed E-state index contributed by atoms with van der Waals surface area (Å²) in [6.45, 7) is 1.65. The van der Waals surface area contributed by atoms with Crippen molar-refractivity contribution in [3.05, 3.63) is 58.6 Å². The van der Waals surface area contributed by atoms with Crippen molar-refractivity contribution < 1.29 is 21.9 Å². The zero-order chi connectivity index (χ0) is 17.0. The summed E-state index contributed by atoms with van der Waals surface area (Å²) in [5, 5.41) is 0.477. The highest BCUT2D eigenvalue weighted by molar-refractivity contribution is 7.89. The Hall–Kier alpha value is -1.70. The van der Waals surface area contributed by atoms with Crippen LogP contribution in [0.2, 0.25) is 5.02 Å². The number of hydrogen-bond donors (Lipinski definition) is 1. The van der Waals surface area contributed by atoms with E-state index in [1.54, 1.807) is 6.92 Å². The first kappa shape index (κ1) is 17.7. The topological polar surface area (TPSA) is 55.4 Å². The van der Waals surface area contributed by atoms with Crippen LogP contribution >= 0.6 is 11.6 Å². The van der Waals surface area contributed by atoms with Gasteiger partial charge in [0.05, 0.1) is 4.90 Å². The van der Waals surface area contributed by atoms with Crippen LogP contribution in [-0.4, -0.2) is 21.6 Å². The average Bonchev–Trinajstić information content (AvgIpc) is 2.50. The number of hydrogen-bond acceptors (Lipinski definition) is 3. The predicted octanol–water partition coefficient (Wildman–Crippen LogP) is 3.28. The van der Waals surface area contributed by atoms with E-state index in [2.05, 4.69) is 4.72 Å². The standard InChI is InChI=1S/C15H14ClF2NO3S/c1-10-8-12(3-4-13(10)16)23(20,21)19-6-7-22-11-2-5-14(17)15(18)9-11/h2-5,8-9,19H,6-7H2,1H3. The van der Waals surface area contributed by atoms with Gasteiger partial charge < -0.3 is 4.74 Å². The maximum Gasteiger partial charge on any atom is 0.240 e. The summed E-state index contributed by atoms with van der Waals surface area (Å²) in [4.78, 5) is 0.0900. The van der Waals surface area contributed by atoms with E-state index in [-0.39, 0.29) is 23.8 Å². The fourth-order valence-corrected chi connectivity index (χ4v) is 2.99. The molecule has 0 amide bonds. The lowest BCUT2D eigenvalue weighted by Gasteiger charge is -2.09. The molecule has 0 saturated carbocycles. The summed E-state index contributed by atoms with van der Waals surface area (Å²) < 4.78 is 57.4. The number of benzene rings is 2. The molecule has 4 nitrogen and oxygen atoms in total. The van der Waals surface area contributed by atoms with E-state index >= 15 is 0 Å². The Kier molecular flexibility index (Phi) is 5.56. The van der Waals surface area contributed by atoms with Gasteiger partial charge in [0.25, 0.3) is 0 Å². The molecule has 124 valence electrons. The van der Waals surface area contributed by atoms with Crippen LogP contribution in [0.5, 0.6) is 5.75 Å². The Bertz CT molecular complexity index is 812. The van der Waals surface area contributed by atoms with Gasteiger partial charge in [-0.15, -0.1) is 0 Å². The largest absolute Gasteiger partial charge is 0.492 e.